The van der Waals surface area contributed by atoms with Gasteiger partial charge in [-0.1, -0.05) is 0 Å². The van der Waals surface area contributed by atoms with E-state index in [-0.39, 0.29) is 37.6 Å². The Morgan fingerprint density at radius 3 is 1.34 bits per heavy atom. The van der Waals surface area contributed by atoms with Gasteiger partial charge >= 0.3 is 12.4 Å². The normalized spacial score (nSPS) is 12.0. The van der Waals surface area contributed by atoms with Gasteiger partial charge in [-0.25, -0.2) is 0 Å². The maximum Gasteiger partial charge on any atom is 0.416 e. The number of aliphatic hydroxyl groups is 1. The lowest BCUT2D eigenvalue weighted by molar-refractivity contribution is -0.138. The van der Waals surface area contributed by atoms with E-state index in [1.54, 1.807) is 0 Å². The molecule has 2 rings (SSSR count). The molecule has 0 aliphatic carbocycles. The number of hydrogen-bond donors (Lipinski definition) is 3. The molecule has 0 spiro atoms. The highest BCUT2D eigenvalue weighted by atomic mass is 19.4. The minimum atomic E-state index is -4.51. The molecule has 0 atom stereocenters. The summed E-state index contributed by atoms with van der Waals surface area (Å²) in [6, 6.07) is 7.53. The van der Waals surface area contributed by atoms with Gasteiger partial charge in [-0.2, -0.15) is 26.3 Å². The molecule has 2 aromatic rings. The van der Waals surface area contributed by atoms with E-state index in [9.17, 15) is 35.9 Å². The Labute approximate surface area is 178 Å². The SMILES string of the molecule is O=C(CN(CCO)CC(=O)Nc1ccc(C(F)(F)F)cc1)Nc1ccc(C(F)(F)F)cc1. The van der Waals surface area contributed by atoms with Crippen molar-refractivity contribution in [3.8, 4) is 0 Å². The summed E-state index contributed by atoms with van der Waals surface area (Å²) in [5.41, 5.74) is -1.53. The topological polar surface area (TPSA) is 81.7 Å². The Morgan fingerprint density at radius 1 is 0.719 bits per heavy atom. The number of alkyl halides is 6. The summed E-state index contributed by atoms with van der Waals surface area (Å²) in [5.74, 6) is -1.28. The summed E-state index contributed by atoms with van der Waals surface area (Å²) in [6.07, 6.45) is -9.03. The van der Waals surface area contributed by atoms with Gasteiger partial charge in [0, 0.05) is 17.9 Å². The van der Waals surface area contributed by atoms with Gasteiger partial charge in [-0.3, -0.25) is 14.5 Å². The lowest BCUT2D eigenvalue weighted by Crippen LogP contribution is -2.40. The maximum absolute atomic E-state index is 12.6. The number of hydrogen-bond acceptors (Lipinski definition) is 4. The van der Waals surface area contributed by atoms with E-state index in [1.807, 2.05) is 0 Å². The summed E-state index contributed by atoms with van der Waals surface area (Å²) < 4.78 is 75.5. The zero-order valence-corrected chi connectivity index (χ0v) is 16.4. The molecule has 174 valence electrons. The molecular formula is C20H19F6N3O3. The van der Waals surface area contributed by atoms with E-state index in [0.29, 0.717) is 0 Å². The van der Waals surface area contributed by atoms with Crippen LogP contribution < -0.4 is 10.6 Å². The molecule has 6 nitrogen and oxygen atoms in total. The van der Waals surface area contributed by atoms with E-state index in [1.165, 1.54) is 4.90 Å². The molecule has 0 bridgehead atoms. The van der Waals surface area contributed by atoms with Crippen molar-refractivity contribution >= 4 is 23.2 Å². The molecule has 0 aliphatic rings. The van der Waals surface area contributed by atoms with E-state index in [0.717, 1.165) is 48.5 Å². The maximum atomic E-state index is 12.6. The van der Waals surface area contributed by atoms with Crippen LogP contribution >= 0.6 is 0 Å². The molecule has 0 radical (unpaired) electrons. The molecule has 0 fully saturated rings. The number of benzene rings is 2. The van der Waals surface area contributed by atoms with Gasteiger partial charge in [-0.15, -0.1) is 0 Å². The second-order valence-corrected chi connectivity index (χ2v) is 6.68. The number of aliphatic hydroxyl groups excluding tert-OH is 1. The number of nitrogens with zero attached hydrogens (tertiary/aromatic N) is 1. The van der Waals surface area contributed by atoms with Crippen LogP contribution in [0.25, 0.3) is 0 Å². The first-order valence-corrected chi connectivity index (χ1v) is 9.16. The molecule has 0 saturated carbocycles. The molecule has 0 aliphatic heterocycles. The Balaban J connectivity index is 1.92. The van der Waals surface area contributed by atoms with Gasteiger partial charge in [0.15, 0.2) is 0 Å². The molecule has 3 N–H and O–H groups in total. The highest BCUT2D eigenvalue weighted by Crippen LogP contribution is 2.30. The monoisotopic (exact) mass is 463 g/mol. The first-order valence-electron chi connectivity index (χ1n) is 9.16. The second-order valence-electron chi connectivity index (χ2n) is 6.68. The Kier molecular flexibility index (Phi) is 8.22. The number of carbonyl (C=O) groups is 2. The Bertz CT molecular complexity index is 839. The fourth-order valence-corrected chi connectivity index (χ4v) is 2.65. The summed E-state index contributed by atoms with van der Waals surface area (Å²) in [5, 5.41) is 13.9. The highest BCUT2D eigenvalue weighted by molar-refractivity contribution is 5.94. The lowest BCUT2D eigenvalue weighted by Gasteiger charge is -2.20. The van der Waals surface area contributed by atoms with Crippen molar-refractivity contribution in [1.29, 1.82) is 0 Å². The van der Waals surface area contributed by atoms with Gasteiger partial charge in [0.05, 0.1) is 30.8 Å². The molecule has 0 heterocycles. The standard InChI is InChI=1S/C20H19F6N3O3/c21-19(22,23)13-1-5-15(6-2-13)27-17(31)11-29(9-10-30)12-18(32)28-16-7-3-14(4-8-16)20(24,25)26/h1-8,30H,9-12H2,(H,27,31)(H,28,32). The fraction of sp³-hybridized carbons (Fsp3) is 0.300. The molecule has 0 saturated heterocycles. The van der Waals surface area contributed by atoms with Crippen molar-refractivity contribution in [3.63, 3.8) is 0 Å². The van der Waals surface area contributed by atoms with Gasteiger partial charge < -0.3 is 15.7 Å². The van der Waals surface area contributed by atoms with Gasteiger partial charge in [0.1, 0.15) is 0 Å². The van der Waals surface area contributed by atoms with E-state index >= 15 is 0 Å². The molecule has 2 aromatic carbocycles. The number of nitrogens with one attached hydrogen (secondary N) is 2. The highest BCUT2D eigenvalue weighted by Gasteiger charge is 2.30. The van der Waals surface area contributed by atoms with Gasteiger partial charge in [0.25, 0.3) is 0 Å². The van der Waals surface area contributed by atoms with Crippen LogP contribution in [0, 0.1) is 0 Å². The molecular weight excluding hydrogens is 444 g/mol. The number of amides is 2. The van der Waals surface area contributed by atoms with Crippen LogP contribution in [0.1, 0.15) is 11.1 Å². The summed E-state index contributed by atoms with van der Waals surface area (Å²) in [6.45, 7) is -1.17. The van der Waals surface area contributed by atoms with E-state index in [2.05, 4.69) is 10.6 Å². The zero-order chi connectivity index (χ0) is 23.9. The first kappa shape index (κ1) is 25.1. The first-order chi connectivity index (χ1) is 14.9. The van der Waals surface area contributed by atoms with E-state index in [4.69, 9.17) is 5.11 Å². The third-order valence-corrected chi connectivity index (χ3v) is 4.14. The fourth-order valence-electron chi connectivity index (χ4n) is 2.65. The molecule has 12 heteroatoms. The van der Waals surface area contributed by atoms with Crippen molar-refractivity contribution in [2.24, 2.45) is 0 Å². The molecule has 0 unspecified atom stereocenters. The minimum absolute atomic E-state index is 0.0686. The van der Waals surface area contributed by atoms with Crippen LogP contribution in [0.2, 0.25) is 0 Å². The average molecular weight is 463 g/mol. The van der Waals surface area contributed by atoms with Crippen LogP contribution in [0.3, 0.4) is 0 Å². The quantitative estimate of drug-likeness (QED) is 0.523. The van der Waals surface area contributed by atoms with Crippen molar-refractivity contribution in [2.45, 2.75) is 12.4 Å². The summed E-state index contributed by atoms with van der Waals surface area (Å²) in [4.78, 5) is 25.6. The predicted octanol–water partition coefficient (Wildman–Crippen LogP) is 3.60. The number of carbonyl (C=O) groups excluding carboxylic acids is 2. The van der Waals surface area contributed by atoms with E-state index < -0.39 is 35.3 Å². The van der Waals surface area contributed by atoms with Crippen LogP contribution in [0.4, 0.5) is 37.7 Å². The van der Waals surface area contributed by atoms with Crippen LogP contribution in [-0.4, -0.2) is 48.1 Å². The largest absolute Gasteiger partial charge is 0.416 e. The van der Waals surface area contributed by atoms with Crippen LogP contribution in [-0.2, 0) is 21.9 Å². The Morgan fingerprint density at radius 2 is 1.06 bits per heavy atom. The number of rotatable bonds is 8. The third kappa shape index (κ3) is 7.85. The smallest absolute Gasteiger partial charge is 0.395 e. The van der Waals surface area contributed by atoms with Crippen molar-refractivity contribution in [2.75, 3.05) is 36.9 Å². The molecule has 0 aromatic heterocycles. The van der Waals surface area contributed by atoms with Crippen molar-refractivity contribution < 1.29 is 41.0 Å². The average Bonchev–Trinajstić information content (AvgIpc) is 2.67. The summed E-state index contributed by atoms with van der Waals surface area (Å²) in [7, 11) is 0. The van der Waals surface area contributed by atoms with Crippen LogP contribution in [0.15, 0.2) is 48.5 Å². The second kappa shape index (κ2) is 10.5. The minimum Gasteiger partial charge on any atom is -0.395 e. The van der Waals surface area contributed by atoms with Crippen LogP contribution in [0.5, 0.6) is 0 Å². The Hall–Kier alpha value is -3.12. The number of anilines is 2. The summed E-state index contributed by atoms with van der Waals surface area (Å²) >= 11 is 0. The third-order valence-electron chi connectivity index (χ3n) is 4.14. The zero-order valence-electron chi connectivity index (χ0n) is 16.4. The molecule has 2 amide bonds. The van der Waals surface area contributed by atoms with Gasteiger partial charge in [-0.05, 0) is 48.5 Å². The van der Waals surface area contributed by atoms with Crippen molar-refractivity contribution in [3.05, 3.63) is 59.7 Å². The number of halogens is 6. The van der Waals surface area contributed by atoms with Crippen molar-refractivity contribution in [1.82, 2.24) is 4.90 Å². The van der Waals surface area contributed by atoms with Gasteiger partial charge in [0.2, 0.25) is 11.8 Å². The lowest BCUT2D eigenvalue weighted by atomic mass is 10.2. The predicted molar refractivity (Wildman–Crippen MR) is 104 cm³/mol. The molecule has 32 heavy (non-hydrogen) atoms.